The lowest BCUT2D eigenvalue weighted by Crippen LogP contribution is -2.64. The van der Waals surface area contributed by atoms with Crippen molar-refractivity contribution in [2.24, 2.45) is 0 Å². The molecule has 0 radical (unpaired) electrons. The molecule has 0 spiro atoms. The van der Waals surface area contributed by atoms with E-state index in [-0.39, 0.29) is 23.7 Å². The van der Waals surface area contributed by atoms with E-state index >= 15 is 0 Å². The van der Waals surface area contributed by atoms with Crippen LogP contribution in [0.3, 0.4) is 0 Å². The van der Waals surface area contributed by atoms with E-state index in [9.17, 15) is 19.7 Å². The van der Waals surface area contributed by atoms with Gasteiger partial charge in [-0.15, -0.1) is 0 Å². The second-order valence-corrected chi connectivity index (χ2v) is 3.75. The molecule has 1 heterocycles. The summed E-state index contributed by atoms with van der Waals surface area (Å²) in [5, 5.41) is 10.6. The number of hydrogen-bond donors (Lipinski definition) is 1. The van der Waals surface area contributed by atoms with Gasteiger partial charge in [0.1, 0.15) is 0 Å². The van der Waals surface area contributed by atoms with E-state index in [1.54, 1.807) is 0 Å². The quantitative estimate of drug-likeness (QED) is 0.423. The number of imide groups is 1. The van der Waals surface area contributed by atoms with Gasteiger partial charge in [-0.05, 0) is 6.07 Å². The summed E-state index contributed by atoms with van der Waals surface area (Å²) in [6.07, 6.45) is 0.0432. The molecule has 2 amide bonds. The lowest BCUT2D eigenvalue weighted by molar-refractivity contribution is -0.399. The Morgan fingerprint density at radius 2 is 2.12 bits per heavy atom. The number of nitro groups is 1. The third-order valence-electron chi connectivity index (χ3n) is 2.54. The van der Waals surface area contributed by atoms with E-state index in [1.165, 1.54) is 24.3 Å². The van der Waals surface area contributed by atoms with Crippen molar-refractivity contribution in [2.75, 3.05) is 4.90 Å². The van der Waals surface area contributed by atoms with Crippen LogP contribution in [0.5, 0.6) is 0 Å². The first-order valence-electron chi connectivity index (χ1n) is 4.95. The Morgan fingerprint density at radius 3 is 2.65 bits per heavy atom. The lowest BCUT2D eigenvalue weighted by atomic mass is 10.2. The second-order valence-electron chi connectivity index (χ2n) is 3.75. The van der Waals surface area contributed by atoms with Crippen LogP contribution in [0.25, 0.3) is 0 Å². The average molecular weight is 236 g/mol. The number of carbonyl (C=O) groups excluding carboxylic acids is 2. The largest absolute Gasteiger partial charge is 0.347 e. The van der Waals surface area contributed by atoms with E-state index < -0.39 is 16.9 Å². The summed E-state index contributed by atoms with van der Waals surface area (Å²) in [5.74, 6) is -0.800. The normalized spacial score (nSPS) is 19.8. The highest BCUT2D eigenvalue weighted by Gasteiger charge is 2.40. The number of non-ortho nitro benzene ring substituents is 1. The molecule has 2 rings (SSSR count). The number of amides is 2. The minimum absolute atomic E-state index is 0.0432. The van der Waals surface area contributed by atoms with Gasteiger partial charge in [0.15, 0.2) is 6.04 Å². The van der Waals surface area contributed by atoms with Crippen molar-refractivity contribution in [3.8, 4) is 0 Å². The summed E-state index contributed by atoms with van der Waals surface area (Å²) in [5.41, 5.74) is 3.62. The monoisotopic (exact) mass is 236 g/mol. The van der Waals surface area contributed by atoms with E-state index in [0.29, 0.717) is 0 Å². The van der Waals surface area contributed by atoms with Gasteiger partial charge in [-0.25, -0.2) is 4.90 Å². The van der Waals surface area contributed by atoms with Crippen molar-refractivity contribution < 1.29 is 20.2 Å². The minimum atomic E-state index is -0.609. The molecular formula is C10H10N3O4+. The third-order valence-corrected chi connectivity index (χ3v) is 2.54. The van der Waals surface area contributed by atoms with E-state index in [0.717, 1.165) is 4.90 Å². The molecule has 1 fully saturated rings. The zero-order valence-corrected chi connectivity index (χ0v) is 8.83. The smallest absolute Gasteiger partial charge is 0.292 e. The summed E-state index contributed by atoms with van der Waals surface area (Å²) in [7, 11) is 0. The molecule has 0 saturated carbocycles. The van der Waals surface area contributed by atoms with Crippen molar-refractivity contribution in [1.29, 1.82) is 0 Å². The van der Waals surface area contributed by atoms with Gasteiger partial charge in [-0.1, -0.05) is 6.07 Å². The number of nitrogens with zero attached hydrogens (tertiary/aromatic N) is 2. The van der Waals surface area contributed by atoms with Crippen LogP contribution in [0.4, 0.5) is 11.4 Å². The van der Waals surface area contributed by atoms with Crippen LogP contribution in [0, 0.1) is 10.1 Å². The van der Waals surface area contributed by atoms with Gasteiger partial charge in [0.05, 0.1) is 17.0 Å². The highest BCUT2D eigenvalue weighted by atomic mass is 16.6. The number of hydrogen-bond acceptors (Lipinski definition) is 4. The van der Waals surface area contributed by atoms with Crippen molar-refractivity contribution in [3.05, 3.63) is 34.4 Å². The van der Waals surface area contributed by atoms with Crippen molar-refractivity contribution in [1.82, 2.24) is 0 Å². The van der Waals surface area contributed by atoms with Gasteiger partial charge in [-0.2, -0.15) is 0 Å². The first kappa shape index (κ1) is 11.2. The molecule has 1 aromatic rings. The topological polar surface area (TPSA) is 108 Å². The first-order valence-corrected chi connectivity index (χ1v) is 4.95. The van der Waals surface area contributed by atoms with Crippen molar-refractivity contribution >= 4 is 23.2 Å². The molecule has 0 bridgehead atoms. The first-order chi connectivity index (χ1) is 8.00. The van der Waals surface area contributed by atoms with E-state index in [4.69, 9.17) is 0 Å². The minimum Gasteiger partial charge on any atom is -0.347 e. The molecule has 1 aliphatic rings. The summed E-state index contributed by atoms with van der Waals surface area (Å²) in [6, 6.07) is 4.82. The fraction of sp³-hybridized carbons (Fsp3) is 0.200. The van der Waals surface area contributed by atoms with Crippen molar-refractivity contribution in [2.45, 2.75) is 12.5 Å². The van der Waals surface area contributed by atoms with Gasteiger partial charge >= 0.3 is 0 Å². The highest BCUT2D eigenvalue weighted by molar-refractivity contribution is 6.21. The highest BCUT2D eigenvalue weighted by Crippen LogP contribution is 2.25. The maximum absolute atomic E-state index is 11.7. The average Bonchev–Trinajstić information content (AvgIpc) is 2.53. The Bertz CT molecular complexity index is 514. The molecule has 1 saturated heterocycles. The van der Waals surface area contributed by atoms with Gasteiger partial charge in [0, 0.05) is 12.1 Å². The molecule has 0 aromatic heterocycles. The second kappa shape index (κ2) is 3.95. The van der Waals surface area contributed by atoms with Crippen LogP contribution in [-0.4, -0.2) is 22.8 Å². The molecule has 3 N–H and O–H groups in total. The van der Waals surface area contributed by atoms with Gasteiger partial charge in [-0.3, -0.25) is 19.7 Å². The Labute approximate surface area is 96.0 Å². The lowest BCUT2D eigenvalue weighted by Gasteiger charge is -2.12. The molecule has 7 heteroatoms. The summed E-state index contributed by atoms with van der Waals surface area (Å²) in [4.78, 5) is 34.2. The fourth-order valence-electron chi connectivity index (χ4n) is 1.71. The number of carbonyl (C=O) groups is 2. The molecule has 0 unspecified atom stereocenters. The van der Waals surface area contributed by atoms with Crippen LogP contribution in [0.2, 0.25) is 0 Å². The summed E-state index contributed by atoms with van der Waals surface area (Å²) >= 11 is 0. The van der Waals surface area contributed by atoms with Crippen LogP contribution >= 0.6 is 0 Å². The van der Waals surface area contributed by atoms with Gasteiger partial charge in [0.25, 0.3) is 11.6 Å². The summed E-state index contributed by atoms with van der Waals surface area (Å²) < 4.78 is 0. The maximum Gasteiger partial charge on any atom is 0.292 e. The SMILES string of the molecule is [NH3+][C@@H]1CC(=O)N(c2cccc([N+](=O)[O-])c2)C1=O. The number of anilines is 1. The molecule has 0 aliphatic carbocycles. The molecule has 7 nitrogen and oxygen atoms in total. The van der Waals surface area contributed by atoms with Crippen LogP contribution in [-0.2, 0) is 9.59 Å². The predicted molar refractivity (Wildman–Crippen MR) is 56.9 cm³/mol. The maximum atomic E-state index is 11.7. The van der Waals surface area contributed by atoms with Gasteiger partial charge in [0.2, 0.25) is 5.91 Å². The molecule has 1 aliphatic heterocycles. The Kier molecular flexibility index (Phi) is 2.60. The molecule has 1 atom stereocenters. The van der Waals surface area contributed by atoms with Gasteiger partial charge < -0.3 is 5.73 Å². The van der Waals surface area contributed by atoms with E-state index in [1.807, 2.05) is 0 Å². The van der Waals surface area contributed by atoms with Crippen LogP contribution in [0.15, 0.2) is 24.3 Å². The number of nitro benzene ring substituents is 1. The Hall–Kier alpha value is -2.28. The Balaban J connectivity index is 2.40. The van der Waals surface area contributed by atoms with Crippen LogP contribution in [0.1, 0.15) is 6.42 Å². The zero-order chi connectivity index (χ0) is 12.6. The zero-order valence-electron chi connectivity index (χ0n) is 8.83. The molecule has 88 valence electrons. The number of benzene rings is 1. The standard InChI is InChI=1S/C10H9N3O4/c11-8-5-9(14)12(10(8)15)6-2-1-3-7(4-6)13(16)17/h1-4,8H,5,11H2/p+1/t8-/m1/s1. The van der Waals surface area contributed by atoms with Crippen molar-refractivity contribution in [3.63, 3.8) is 0 Å². The molecule has 17 heavy (non-hydrogen) atoms. The third kappa shape index (κ3) is 1.87. The summed E-state index contributed by atoms with van der Waals surface area (Å²) in [6.45, 7) is 0. The van der Waals surface area contributed by atoms with Crippen LogP contribution < -0.4 is 10.6 Å². The number of rotatable bonds is 2. The van der Waals surface area contributed by atoms with E-state index in [2.05, 4.69) is 5.73 Å². The molecular weight excluding hydrogens is 226 g/mol. The predicted octanol–water partition coefficient (Wildman–Crippen LogP) is -0.531. The number of quaternary nitrogens is 1. The fourth-order valence-corrected chi connectivity index (χ4v) is 1.71. The Morgan fingerprint density at radius 1 is 1.41 bits per heavy atom. The molecule has 1 aromatic carbocycles.